The highest BCUT2D eigenvalue weighted by atomic mass is 35.5. The van der Waals surface area contributed by atoms with Crippen LogP contribution < -0.4 is 5.32 Å². The van der Waals surface area contributed by atoms with Crippen LogP contribution in [0.4, 0.5) is 5.13 Å². The first-order valence-corrected chi connectivity index (χ1v) is 8.91. The van der Waals surface area contributed by atoms with Gasteiger partial charge >= 0.3 is 0 Å². The Bertz CT molecular complexity index is 800. The van der Waals surface area contributed by atoms with Gasteiger partial charge in [0, 0.05) is 16.0 Å². The van der Waals surface area contributed by atoms with E-state index in [1.54, 1.807) is 29.5 Å². The number of anilines is 1. The van der Waals surface area contributed by atoms with Crippen LogP contribution in [0.3, 0.4) is 0 Å². The van der Waals surface area contributed by atoms with Gasteiger partial charge in [-0.3, -0.25) is 4.79 Å². The van der Waals surface area contributed by atoms with Crippen molar-refractivity contribution >= 4 is 56.9 Å². The van der Waals surface area contributed by atoms with Crippen molar-refractivity contribution in [1.29, 1.82) is 0 Å². The highest BCUT2D eigenvalue weighted by molar-refractivity contribution is 7.14. The second kappa shape index (κ2) is 6.79. The molecule has 0 saturated heterocycles. The molecule has 0 atom stereocenters. The molecule has 7 heteroatoms. The molecule has 0 aliphatic carbocycles. The van der Waals surface area contributed by atoms with Crippen LogP contribution >= 0.6 is 45.9 Å². The summed E-state index contributed by atoms with van der Waals surface area (Å²) >= 11 is 15.1. The fraction of sp³-hybridized carbons (Fsp3) is 0.0667. The maximum Gasteiger partial charge on any atom is 0.230 e. The quantitative estimate of drug-likeness (QED) is 0.673. The van der Waals surface area contributed by atoms with Gasteiger partial charge in [-0.2, -0.15) is 11.3 Å². The highest BCUT2D eigenvalue weighted by Crippen LogP contribution is 2.32. The second-order valence-electron chi connectivity index (χ2n) is 4.52. The van der Waals surface area contributed by atoms with Gasteiger partial charge in [-0.15, -0.1) is 11.3 Å². The highest BCUT2D eigenvalue weighted by Gasteiger charge is 2.11. The van der Waals surface area contributed by atoms with E-state index in [2.05, 4.69) is 10.3 Å². The monoisotopic (exact) mass is 368 g/mol. The number of carbonyl (C=O) groups excluding carboxylic acids is 1. The standard InChI is InChI=1S/C15H10Cl2N2OS2/c16-10-1-2-12(17)11(6-10)13-8-22-15(18-13)19-14(20)5-9-3-4-21-7-9/h1-4,6-8H,5H2,(H,18,19,20). The van der Waals surface area contributed by atoms with Crippen LogP contribution in [-0.2, 0) is 11.2 Å². The van der Waals surface area contributed by atoms with E-state index in [0.717, 1.165) is 11.1 Å². The SMILES string of the molecule is O=C(Cc1ccsc1)Nc1nc(-c2cc(Cl)ccc2Cl)cs1. The molecule has 1 amide bonds. The van der Waals surface area contributed by atoms with E-state index in [1.807, 2.05) is 22.2 Å². The van der Waals surface area contributed by atoms with Crippen molar-refractivity contribution in [3.05, 3.63) is 56.0 Å². The lowest BCUT2D eigenvalue weighted by molar-refractivity contribution is -0.115. The van der Waals surface area contributed by atoms with Gasteiger partial charge in [-0.25, -0.2) is 4.98 Å². The number of halogens is 2. The summed E-state index contributed by atoms with van der Waals surface area (Å²) in [4.78, 5) is 16.4. The summed E-state index contributed by atoms with van der Waals surface area (Å²) in [5.74, 6) is -0.0866. The van der Waals surface area contributed by atoms with E-state index in [1.165, 1.54) is 11.3 Å². The van der Waals surface area contributed by atoms with Gasteiger partial charge in [0.1, 0.15) is 0 Å². The number of carbonyl (C=O) groups is 1. The van der Waals surface area contributed by atoms with Crippen molar-refractivity contribution in [1.82, 2.24) is 4.98 Å². The molecule has 22 heavy (non-hydrogen) atoms. The number of rotatable bonds is 4. The molecule has 0 spiro atoms. The third-order valence-corrected chi connectivity index (χ3v) is 4.95. The van der Waals surface area contributed by atoms with Gasteiger partial charge in [-0.05, 0) is 40.6 Å². The zero-order valence-electron chi connectivity index (χ0n) is 11.2. The molecule has 1 aromatic carbocycles. The van der Waals surface area contributed by atoms with E-state index in [-0.39, 0.29) is 5.91 Å². The van der Waals surface area contributed by atoms with Crippen LogP contribution in [0, 0.1) is 0 Å². The normalized spacial score (nSPS) is 10.6. The van der Waals surface area contributed by atoms with Crippen LogP contribution in [0.2, 0.25) is 10.0 Å². The molecule has 3 rings (SSSR count). The zero-order chi connectivity index (χ0) is 15.5. The summed E-state index contributed by atoms with van der Waals surface area (Å²) in [5.41, 5.74) is 2.45. The van der Waals surface area contributed by atoms with Gasteiger partial charge in [0.2, 0.25) is 5.91 Å². The zero-order valence-corrected chi connectivity index (χ0v) is 14.3. The molecule has 1 N–H and O–H groups in total. The Labute approximate surface area is 145 Å². The largest absolute Gasteiger partial charge is 0.302 e. The molecule has 3 aromatic rings. The average Bonchev–Trinajstić information content (AvgIpc) is 3.13. The molecule has 0 bridgehead atoms. The molecular formula is C15H10Cl2N2OS2. The van der Waals surface area contributed by atoms with Gasteiger partial charge in [0.25, 0.3) is 0 Å². The lowest BCUT2D eigenvalue weighted by Gasteiger charge is -2.02. The Hall–Kier alpha value is -1.40. The molecule has 3 nitrogen and oxygen atoms in total. The number of thiophene rings is 1. The summed E-state index contributed by atoms with van der Waals surface area (Å²) in [7, 11) is 0. The first-order chi connectivity index (χ1) is 10.6. The Morgan fingerprint density at radius 3 is 2.86 bits per heavy atom. The number of hydrogen-bond donors (Lipinski definition) is 1. The molecule has 112 valence electrons. The van der Waals surface area contributed by atoms with E-state index in [4.69, 9.17) is 23.2 Å². The number of nitrogens with one attached hydrogen (secondary N) is 1. The molecular weight excluding hydrogens is 359 g/mol. The molecule has 0 unspecified atom stereocenters. The van der Waals surface area contributed by atoms with Crippen molar-refractivity contribution in [2.45, 2.75) is 6.42 Å². The minimum Gasteiger partial charge on any atom is -0.302 e. The van der Waals surface area contributed by atoms with Crippen molar-refractivity contribution in [3.8, 4) is 11.3 Å². The number of nitrogens with zero attached hydrogens (tertiary/aromatic N) is 1. The van der Waals surface area contributed by atoms with Gasteiger partial charge < -0.3 is 5.32 Å². The molecule has 2 heterocycles. The van der Waals surface area contributed by atoms with Crippen molar-refractivity contribution < 1.29 is 4.79 Å². The average molecular weight is 369 g/mol. The summed E-state index contributed by atoms with van der Waals surface area (Å²) in [6, 6.07) is 7.15. The summed E-state index contributed by atoms with van der Waals surface area (Å²) in [5, 5.41) is 10.3. The maximum atomic E-state index is 12.0. The lowest BCUT2D eigenvalue weighted by atomic mass is 10.2. The van der Waals surface area contributed by atoms with E-state index in [0.29, 0.717) is 27.3 Å². The fourth-order valence-electron chi connectivity index (χ4n) is 1.89. The third kappa shape index (κ3) is 3.67. The van der Waals surface area contributed by atoms with Crippen LogP contribution in [0.25, 0.3) is 11.3 Å². The van der Waals surface area contributed by atoms with Crippen LogP contribution in [0.5, 0.6) is 0 Å². The molecule has 0 aliphatic rings. The van der Waals surface area contributed by atoms with Crippen LogP contribution in [0.15, 0.2) is 40.4 Å². The van der Waals surface area contributed by atoms with Gasteiger partial charge in [0.05, 0.1) is 17.1 Å². The summed E-state index contributed by atoms with van der Waals surface area (Å²) in [6.45, 7) is 0. The lowest BCUT2D eigenvalue weighted by Crippen LogP contribution is -2.13. The van der Waals surface area contributed by atoms with E-state index < -0.39 is 0 Å². The van der Waals surface area contributed by atoms with Crippen LogP contribution in [-0.4, -0.2) is 10.9 Å². The molecule has 0 aliphatic heterocycles. The third-order valence-electron chi connectivity index (χ3n) is 2.90. The minimum absolute atomic E-state index is 0.0866. The Balaban J connectivity index is 1.73. The Morgan fingerprint density at radius 1 is 1.23 bits per heavy atom. The first-order valence-electron chi connectivity index (χ1n) is 6.34. The second-order valence-corrected chi connectivity index (χ2v) is 7.00. The van der Waals surface area contributed by atoms with Gasteiger partial charge in [-0.1, -0.05) is 23.2 Å². The van der Waals surface area contributed by atoms with Crippen LogP contribution in [0.1, 0.15) is 5.56 Å². The number of thiazole rings is 1. The first kappa shape index (κ1) is 15.5. The summed E-state index contributed by atoms with van der Waals surface area (Å²) < 4.78 is 0. The smallest absolute Gasteiger partial charge is 0.230 e. The minimum atomic E-state index is -0.0866. The van der Waals surface area contributed by atoms with Crippen molar-refractivity contribution in [2.24, 2.45) is 0 Å². The predicted molar refractivity (Wildman–Crippen MR) is 94.2 cm³/mol. The summed E-state index contributed by atoms with van der Waals surface area (Å²) in [6.07, 6.45) is 0.344. The number of hydrogen-bond acceptors (Lipinski definition) is 4. The maximum absolute atomic E-state index is 12.0. The Kier molecular flexibility index (Phi) is 4.78. The molecule has 0 radical (unpaired) electrons. The molecule has 0 saturated carbocycles. The predicted octanol–water partition coefficient (Wildman–Crippen LogP) is 5.36. The van der Waals surface area contributed by atoms with Gasteiger partial charge in [0.15, 0.2) is 5.13 Å². The van der Waals surface area contributed by atoms with E-state index >= 15 is 0 Å². The number of benzene rings is 1. The topological polar surface area (TPSA) is 42.0 Å². The molecule has 2 aromatic heterocycles. The van der Waals surface area contributed by atoms with Crippen molar-refractivity contribution in [3.63, 3.8) is 0 Å². The van der Waals surface area contributed by atoms with E-state index in [9.17, 15) is 4.79 Å². The number of aromatic nitrogens is 1. The van der Waals surface area contributed by atoms with Crippen molar-refractivity contribution in [2.75, 3.05) is 5.32 Å². The Morgan fingerprint density at radius 2 is 2.09 bits per heavy atom. The number of amides is 1. The molecule has 0 fully saturated rings. The fourth-order valence-corrected chi connectivity index (χ4v) is 3.67.